The van der Waals surface area contributed by atoms with Crippen LogP contribution < -0.4 is 10.6 Å². The second kappa shape index (κ2) is 8.15. The van der Waals surface area contributed by atoms with Gasteiger partial charge >= 0.3 is 6.03 Å². The first-order valence-corrected chi connectivity index (χ1v) is 9.91. The smallest absolute Gasteiger partial charge is 0.315 e. The van der Waals surface area contributed by atoms with E-state index in [1.165, 1.54) is 6.26 Å². The molecule has 2 amide bonds. The Morgan fingerprint density at radius 3 is 2.43 bits per heavy atom. The van der Waals surface area contributed by atoms with Crippen molar-refractivity contribution in [3.8, 4) is 0 Å². The Hall–Kier alpha value is -1.82. The number of carbonyl (C=O) groups is 1. The number of amides is 2. The summed E-state index contributed by atoms with van der Waals surface area (Å²) in [5.74, 6) is 0.567. The number of urea groups is 1. The van der Waals surface area contributed by atoms with Gasteiger partial charge in [-0.25, -0.2) is 13.2 Å². The van der Waals surface area contributed by atoms with Crippen molar-refractivity contribution in [2.75, 3.05) is 12.8 Å². The van der Waals surface area contributed by atoms with Crippen LogP contribution in [0.3, 0.4) is 0 Å². The Morgan fingerprint density at radius 2 is 1.83 bits per heavy atom. The molecule has 2 N–H and O–H groups in total. The minimum atomic E-state index is -3.02. The Labute approximate surface area is 138 Å². The summed E-state index contributed by atoms with van der Waals surface area (Å²) in [5, 5.41) is 5.72. The highest BCUT2D eigenvalue weighted by atomic mass is 32.2. The van der Waals surface area contributed by atoms with Crippen LogP contribution in [0.5, 0.6) is 0 Å². The van der Waals surface area contributed by atoms with Crippen molar-refractivity contribution >= 4 is 15.9 Å². The molecule has 126 valence electrons. The van der Waals surface area contributed by atoms with Gasteiger partial charge in [-0.05, 0) is 36.3 Å². The van der Waals surface area contributed by atoms with Crippen molar-refractivity contribution in [2.45, 2.75) is 31.6 Å². The molecule has 1 aromatic rings. The molecule has 1 unspecified atom stereocenters. The zero-order valence-corrected chi connectivity index (χ0v) is 14.2. The number of benzene rings is 1. The number of nitrogens with one attached hydrogen (secondary N) is 2. The SMILES string of the molecule is CS(=O)(=O)Cc1ccc(CNC(=O)NCC2CC=CCC2)cc1. The number of carbonyl (C=O) groups excluding carboxylic acids is 1. The predicted octanol–water partition coefficient (Wildman–Crippen LogP) is 2.39. The van der Waals surface area contributed by atoms with E-state index in [4.69, 9.17) is 0 Å². The normalized spacial score (nSPS) is 17.7. The van der Waals surface area contributed by atoms with Gasteiger partial charge in [0.25, 0.3) is 0 Å². The van der Waals surface area contributed by atoms with Crippen LogP contribution in [0.1, 0.15) is 30.4 Å². The van der Waals surface area contributed by atoms with Gasteiger partial charge in [-0.1, -0.05) is 36.4 Å². The lowest BCUT2D eigenvalue weighted by Crippen LogP contribution is -2.38. The van der Waals surface area contributed by atoms with E-state index in [0.717, 1.165) is 30.4 Å². The molecule has 1 aromatic carbocycles. The summed E-state index contributed by atoms with van der Waals surface area (Å²) in [6.45, 7) is 1.12. The van der Waals surface area contributed by atoms with Gasteiger partial charge in [0.1, 0.15) is 0 Å². The largest absolute Gasteiger partial charge is 0.338 e. The lowest BCUT2D eigenvalue weighted by atomic mass is 9.94. The molecule has 0 fully saturated rings. The molecule has 0 bridgehead atoms. The molecular formula is C17H24N2O3S. The van der Waals surface area contributed by atoms with E-state index in [1.54, 1.807) is 12.1 Å². The van der Waals surface area contributed by atoms with Gasteiger partial charge in [-0.15, -0.1) is 0 Å². The number of hydrogen-bond acceptors (Lipinski definition) is 3. The molecule has 0 aromatic heterocycles. The monoisotopic (exact) mass is 336 g/mol. The van der Waals surface area contributed by atoms with E-state index in [2.05, 4.69) is 22.8 Å². The highest BCUT2D eigenvalue weighted by Crippen LogP contribution is 2.16. The fourth-order valence-electron chi connectivity index (χ4n) is 2.58. The summed E-state index contributed by atoms with van der Waals surface area (Å²) in [4.78, 5) is 11.8. The molecule has 0 spiro atoms. The lowest BCUT2D eigenvalue weighted by molar-refractivity contribution is 0.238. The third-order valence-electron chi connectivity index (χ3n) is 3.83. The molecule has 23 heavy (non-hydrogen) atoms. The molecule has 5 nitrogen and oxygen atoms in total. The van der Waals surface area contributed by atoms with Gasteiger partial charge in [-0.3, -0.25) is 0 Å². The van der Waals surface area contributed by atoms with E-state index >= 15 is 0 Å². The molecule has 1 aliphatic carbocycles. The molecule has 0 saturated carbocycles. The summed E-state index contributed by atoms with van der Waals surface area (Å²) in [6, 6.07) is 7.08. The number of allylic oxidation sites excluding steroid dienone is 2. The van der Waals surface area contributed by atoms with E-state index in [9.17, 15) is 13.2 Å². The molecule has 0 heterocycles. The van der Waals surface area contributed by atoms with Gasteiger partial charge < -0.3 is 10.6 Å². The van der Waals surface area contributed by atoms with Crippen molar-refractivity contribution in [3.63, 3.8) is 0 Å². The fourth-order valence-corrected chi connectivity index (χ4v) is 3.38. The fraction of sp³-hybridized carbons (Fsp3) is 0.471. The van der Waals surface area contributed by atoms with Crippen molar-refractivity contribution in [2.24, 2.45) is 5.92 Å². The molecule has 6 heteroatoms. The second-order valence-corrected chi connectivity index (χ2v) is 8.24. The van der Waals surface area contributed by atoms with Gasteiger partial charge in [0.05, 0.1) is 5.75 Å². The van der Waals surface area contributed by atoms with Crippen molar-refractivity contribution in [3.05, 3.63) is 47.5 Å². The first-order valence-electron chi connectivity index (χ1n) is 7.84. The van der Waals surface area contributed by atoms with Crippen LogP contribution in [-0.4, -0.2) is 27.2 Å². The predicted molar refractivity (Wildman–Crippen MR) is 91.7 cm³/mol. The molecule has 1 aliphatic rings. The zero-order chi connectivity index (χ0) is 16.7. The van der Waals surface area contributed by atoms with Gasteiger partial charge in [0.2, 0.25) is 0 Å². The third-order valence-corrected chi connectivity index (χ3v) is 4.69. The third kappa shape index (κ3) is 6.86. The highest BCUT2D eigenvalue weighted by molar-refractivity contribution is 7.89. The second-order valence-electron chi connectivity index (χ2n) is 6.10. The van der Waals surface area contributed by atoms with Crippen LogP contribution in [0.15, 0.2) is 36.4 Å². The maximum Gasteiger partial charge on any atom is 0.315 e. The van der Waals surface area contributed by atoms with Gasteiger partial charge in [0, 0.05) is 19.3 Å². The summed E-state index contributed by atoms with van der Waals surface area (Å²) >= 11 is 0. The van der Waals surface area contributed by atoms with Crippen molar-refractivity contribution in [1.29, 1.82) is 0 Å². The lowest BCUT2D eigenvalue weighted by Gasteiger charge is -2.18. The summed E-state index contributed by atoms with van der Waals surface area (Å²) in [6.07, 6.45) is 8.82. The molecule has 1 atom stereocenters. The van der Waals surface area contributed by atoms with E-state index in [1.807, 2.05) is 12.1 Å². The van der Waals surface area contributed by atoms with Gasteiger partial charge in [0.15, 0.2) is 9.84 Å². The quantitative estimate of drug-likeness (QED) is 0.783. The van der Waals surface area contributed by atoms with E-state index in [0.29, 0.717) is 19.0 Å². The Morgan fingerprint density at radius 1 is 1.13 bits per heavy atom. The Balaban J connectivity index is 1.72. The zero-order valence-electron chi connectivity index (χ0n) is 13.4. The van der Waals surface area contributed by atoms with Crippen LogP contribution in [0.25, 0.3) is 0 Å². The first kappa shape index (κ1) is 17.5. The van der Waals surface area contributed by atoms with E-state index in [-0.39, 0.29) is 11.8 Å². The minimum Gasteiger partial charge on any atom is -0.338 e. The molecule has 0 saturated heterocycles. The topological polar surface area (TPSA) is 75.3 Å². The number of hydrogen-bond donors (Lipinski definition) is 2. The molecule has 2 rings (SSSR count). The van der Waals surface area contributed by atoms with Crippen LogP contribution in [0.4, 0.5) is 4.79 Å². The Bertz CT molecular complexity index is 651. The van der Waals surface area contributed by atoms with Crippen molar-refractivity contribution < 1.29 is 13.2 Å². The van der Waals surface area contributed by atoms with E-state index < -0.39 is 9.84 Å². The minimum absolute atomic E-state index is 0.0387. The Kier molecular flexibility index (Phi) is 6.21. The molecule has 0 aliphatic heterocycles. The first-order chi connectivity index (χ1) is 10.9. The molecular weight excluding hydrogens is 312 g/mol. The highest BCUT2D eigenvalue weighted by Gasteiger charge is 2.11. The number of sulfone groups is 1. The maximum atomic E-state index is 11.8. The maximum absolute atomic E-state index is 11.8. The van der Waals surface area contributed by atoms with Crippen LogP contribution in [-0.2, 0) is 22.1 Å². The molecule has 0 radical (unpaired) electrons. The van der Waals surface area contributed by atoms with Crippen LogP contribution in [0, 0.1) is 5.92 Å². The number of rotatable bonds is 6. The van der Waals surface area contributed by atoms with Crippen LogP contribution in [0.2, 0.25) is 0 Å². The van der Waals surface area contributed by atoms with Gasteiger partial charge in [-0.2, -0.15) is 0 Å². The average molecular weight is 336 g/mol. The summed E-state index contributed by atoms with van der Waals surface area (Å²) in [5.41, 5.74) is 1.70. The standard InChI is InChI=1S/C17H24N2O3S/c1-23(21,22)13-16-9-7-15(8-10-16)12-19-17(20)18-11-14-5-3-2-4-6-14/h2-3,7-10,14H,4-6,11-13H2,1H3,(H2,18,19,20). The van der Waals surface area contributed by atoms with Crippen molar-refractivity contribution in [1.82, 2.24) is 10.6 Å². The average Bonchev–Trinajstić information content (AvgIpc) is 2.52. The summed E-state index contributed by atoms with van der Waals surface area (Å²) in [7, 11) is -3.02. The van der Waals surface area contributed by atoms with Crippen LogP contribution >= 0.6 is 0 Å². The summed E-state index contributed by atoms with van der Waals surface area (Å²) < 4.78 is 22.5.